The van der Waals surface area contributed by atoms with Crippen molar-refractivity contribution in [1.29, 1.82) is 0 Å². The Kier molecular flexibility index (Phi) is 4.42. The van der Waals surface area contributed by atoms with E-state index in [1.165, 1.54) is 0 Å². The van der Waals surface area contributed by atoms with Gasteiger partial charge < -0.3 is 9.84 Å². The second-order valence-electron chi connectivity index (χ2n) is 3.30. The number of methoxy groups -OCH3 is 1. The highest BCUT2D eigenvalue weighted by Gasteiger charge is 2.10. The zero-order chi connectivity index (χ0) is 10.6. The van der Waals surface area contributed by atoms with Crippen LogP contribution in [0.1, 0.15) is 24.8 Å². The Bertz CT molecular complexity index is 299. The smallest absolute Gasteiger partial charge is 0.123 e. The predicted octanol–water partition coefficient (Wildman–Crippen LogP) is 2.94. The van der Waals surface area contributed by atoms with Crippen LogP contribution in [0.3, 0.4) is 0 Å². The van der Waals surface area contributed by atoms with Gasteiger partial charge in [0.1, 0.15) is 5.75 Å². The molecule has 0 aliphatic heterocycles. The van der Waals surface area contributed by atoms with Crippen LogP contribution in [-0.4, -0.2) is 18.8 Å². The monoisotopic (exact) mass is 258 g/mol. The Hall–Kier alpha value is -0.540. The molecule has 14 heavy (non-hydrogen) atoms. The third kappa shape index (κ3) is 2.72. The summed E-state index contributed by atoms with van der Waals surface area (Å²) in [5.41, 5.74) is 1.14. The van der Waals surface area contributed by atoms with E-state index in [2.05, 4.69) is 22.9 Å². The fourth-order valence-electron chi connectivity index (χ4n) is 1.44. The lowest BCUT2D eigenvalue weighted by Gasteiger charge is -2.14. The molecule has 1 rings (SSSR count). The van der Waals surface area contributed by atoms with Gasteiger partial charge in [-0.25, -0.2) is 0 Å². The van der Waals surface area contributed by atoms with Gasteiger partial charge in [-0.05, 0) is 30.0 Å². The SMILES string of the molecule is COc1cc(Br)ccc1[C@@H](C)CCO. The highest BCUT2D eigenvalue weighted by molar-refractivity contribution is 9.10. The normalized spacial score (nSPS) is 12.6. The van der Waals surface area contributed by atoms with Gasteiger partial charge in [-0.1, -0.05) is 28.9 Å². The zero-order valence-corrected chi connectivity index (χ0v) is 10.0. The van der Waals surface area contributed by atoms with E-state index in [0.717, 1.165) is 22.2 Å². The van der Waals surface area contributed by atoms with Crippen LogP contribution in [0.5, 0.6) is 5.75 Å². The Balaban J connectivity index is 2.95. The molecule has 0 aliphatic rings. The molecule has 1 aromatic carbocycles. The van der Waals surface area contributed by atoms with Gasteiger partial charge >= 0.3 is 0 Å². The van der Waals surface area contributed by atoms with Gasteiger partial charge in [-0.2, -0.15) is 0 Å². The molecule has 2 nitrogen and oxygen atoms in total. The molecule has 0 heterocycles. The van der Waals surface area contributed by atoms with Crippen LogP contribution in [-0.2, 0) is 0 Å². The Morgan fingerprint density at radius 3 is 2.79 bits per heavy atom. The predicted molar refractivity (Wildman–Crippen MR) is 60.8 cm³/mol. The van der Waals surface area contributed by atoms with Crippen molar-refractivity contribution in [2.75, 3.05) is 13.7 Å². The number of hydrogen-bond donors (Lipinski definition) is 1. The van der Waals surface area contributed by atoms with E-state index in [1.54, 1.807) is 7.11 Å². The Labute approximate surface area is 93.0 Å². The van der Waals surface area contributed by atoms with Crippen molar-refractivity contribution < 1.29 is 9.84 Å². The van der Waals surface area contributed by atoms with E-state index in [0.29, 0.717) is 5.92 Å². The average molecular weight is 259 g/mol. The Morgan fingerprint density at radius 2 is 2.21 bits per heavy atom. The van der Waals surface area contributed by atoms with E-state index in [1.807, 2.05) is 18.2 Å². The molecular formula is C11H15BrO2. The summed E-state index contributed by atoms with van der Waals surface area (Å²) in [6.45, 7) is 2.29. The molecule has 0 radical (unpaired) electrons. The summed E-state index contributed by atoms with van der Waals surface area (Å²) in [5, 5.41) is 8.87. The number of benzene rings is 1. The molecule has 0 aliphatic carbocycles. The largest absolute Gasteiger partial charge is 0.496 e. The van der Waals surface area contributed by atoms with Crippen molar-refractivity contribution in [3.05, 3.63) is 28.2 Å². The molecule has 0 bridgehead atoms. The van der Waals surface area contributed by atoms with Crippen molar-refractivity contribution in [3.63, 3.8) is 0 Å². The number of aliphatic hydroxyl groups is 1. The first-order valence-electron chi connectivity index (χ1n) is 4.63. The van der Waals surface area contributed by atoms with Crippen LogP contribution >= 0.6 is 15.9 Å². The third-order valence-corrected chi connectivity index (χ3v) is 2.78. The molecule has 0 unspecified atom stereocenters. The molecule has 0 saturated heterocycles. The lowest BCUT2D eigenvalue weighted by molar-refractivity contribution is 0.277. The highest BCUT2D eigenvalue weighted by Crippen LogP contribution is 2.30. The quantitative estimate of drug-likeness (QED) is 0.900. The molecule has 0 fully saturated rings. The number of halogens is 1. The minimum Gasteiger partial charge on any atom is -0.496 e. The first-order valence-corrected chi connectivity index (χ1v) is 5.42. The molecular weight excluding hydrogens is 244 g/mol. The van der Waals surface area contributed by atoms with E-state index >= 15 is 0 Å². The van der Waals surface area contributed by atoms with Crippen molar-refractivity contribution >= 4 is 15.9 Å². The molecule has 0 amide bonds. The number of aliphatic hydroxyl groups excluding tert-OH is 1. The van der Waals surface area contributed by atoms with Crippen molar-refractivity contribution in [2.45, 2.75) is 19.3 Å². The van der Waals surface area contributed by atoms with Gasteiger partial charge in [-0.3, -0.25) is 0 Å². The molecule has 78 valence electrons. The zero-order valence-electron chi connectivity index (χ0n) is 8.46. The van der Waals surface area contributed by atoms with Gasteiger partial charge in [0.25, 0.3) is 0 Å². The minimum absolute atomic E-state index is 0.209. The maximum atomic E-state index is 8.87. The standard InChI is InChI=1S/C11H15BrO2/c1-8(5-6-13)10-4-3-9(12)7-11(10)14-2/h3-4,7-8,13H,5-6H2,1-2H3/t8-/m0/s1. The van der Waals surface area contributed by atoms with Crippen LogP contribution in [0.15, 0.2) is 22.7 Å². The summed E-state index contributed by atoms with van der Waals surface area (Å²) < 4.78 is 6.29. The van der Waals surface area contributed by atoms with Gasteiger partial charge in [0.15, 0.2) is 0 Å². The van der Waals surface area contributed by atoms with Gasteiger partial charge in [-0.15, -0.1) is 0 Å². The fraction of sp³-hybridized carbons (Fsp3) is 0.455. The van der Waals surface area contributed by atoms with Gasteiger partial charge in [0.2, 0.25) is 0 Å². The Morgan fingerprint density at radius 1 is 1.50 bits per heavy atom. The summed E-state index contributed by atoms with van der Waals surface area (Å²) in [5.74, 6) is 1.20. The van der Waals surface area contributed by atoms with Crippen LogP contribution in [0.2, 0.25) is 0 Å². The van der Waals surface area contributed by atoms with Gasteiger partial charge in [0, 0.05) is 11.1 Å². The molecule has 0 aromatic heterocycles. The van der Waals surface area contributed by atoms with Crippen molar-refractivity contribution in [2.24, 2.45) is 0 Å². The van der Waals surface area contributed by atoms with Crippen molar-refractivity contribution in [1.82, 2.24) is 0 Å². The van der Waals surface area contributed by atoms with Crippen LogP contribution < -0.4 is 4.74 Å². The van der Waals surface area contributed by atoms with E-state index in [4.69, 9.17) is 9.84 Å². The maximum absolute atomic E-state index is 8.87. The third-order valence-electron chi connectivity index (χ3n) is 2.29. The van der Waals surface area contributed by atoms with Crippen LogP contribution in [0.25, 0.3) is 0 Å². The number of ether oxygens (including phenoxy) is 1. The van der Waals surface area contributed by atoms with E-state index < -0.39 is 0 Å². The first kappa shape index (κ1) is 11.5. The second kappa shape index (κ2) is 5.37. The minimum atomic E-state index is 0.209. The average Bonchev–Trinajstić information content (AvgIpc) is 2.17. The number of rotatable bonds is 4. The molecule has 1 aromatic rings. The van der Waals surface area contributed by atoms with E-state index in [9.17, 15) is 0 Å². The van der Waals surface area contributed by atoms with Crippen molar-refractivity contribution in [3.8, 4) is 5.75 Å². The molecule has 0 spiro atoms. The van der Waals surface area contributed by atoms with E-state index in [-0.39, 0.29) is 6.61 Å². The lowest BCUT2D eigenvalue weighted by atomic mass is 9.97. The molecule has 1 N–H and O–H groups in total. The molecule has 0 saturated carbocycles. The summed E-state index contributed by atoms with van der Waals surface area (Å²) in [4.78, 5) is 0. The van der Waals surface area contributed by atoms with Gasteiger partial charge in [0.05, 0.1) is 7.11 Å². The molecule has 1 atom stereocenters. The van der Waals surface area contributed by atoms with Crippen LogP contribution in [0, 0.1) is 0 Å². The summed E-state index contributed by atoms with van der Waals surface area (Å²) in [7, 11) is 1.66. The highest BCUT2D eigenvalue weighted by atomic mass is 79.9. The number of hydrogen-bond acceptors (Lipinski definition) is 2. The first-order chi connectivity index (χ1) is 6.69. The topological polar surface area (TPSA) is 29.5 Å². The summed E-state index contributed by atoms with van der Waals surface area (Å²) >= 11 is 3.40. The molecule has 3 heteroatoms. The fourth-order valence-corrected chi connectivity index (χ4v) is 1.78. The maximum Gasteiger partial charge on any atom is 0.123 e. The summed E-state index contributed by atoms with van der Waals surface area (Å²) in [6, 6.07) is 5.97. The second-order valence-corrected chi connectivity index (χ2v) is 4.22. The van der Waals surface area contributed by atoms with Crippen LogP contribution in [0.4, 0.5) is 0 Å². The summed E-state index contributed by atoms with van der Waals surface area (Å²) in [6.07, 6.45) is 0.762. The lowest BCUT2D eigenvalue weighted by Crippen LogP contribution is -1.99.